The number of hydrogen-bond donors (Lipinski definition) is 2. The quantitative estimate of drug-likeness (QED) is 0.723. The van der Waals surface area contributed by atoms with Crippen molar-refractivity contribution in [3.05, 3.63) is 17.9 Å². The fraction of sp³-hybridized carbons (Fsp3) is 0.714. The van der Waals surface area contributed by atoms with Crippen LogP contribution in [-0.2, 0) is 16.6 Å². The van der Waals surface area contributed by atoms with Crippen molar-refractivity contribution in [1.29, 1.82) is 0 Å². The Morgan fingerprint density at radius 3 is 2.60 bits per heavy atom. The van der Waals surface area contributed by atoms with Crippen LogP contribution in [0.25, 0.3) is 0 Å². The topological polar surface area (TPSA) is 71.3 Å². The molecule has 0 amide bonds. The summed E-state index contributed by atoms with van der Waals surface area (Å²) in [7, 11) is -3.55. The average Bonchev–Trinajstić information content (AvgIpc) is 2.84. The minimum Gasteiger partial charge on any atom is -0.447 e. The summed E-state index contributed by atoms with van der Waals surface area (Å²) in [4.78, 5) is 0. The van der Waals surface area contributed by atoms with Crippen molar-refractivity contribution in [3.63, 3.8) is 0 Å². The Labute approximate surface area is 121 Å². The lowest BCUT2D eigenvalue weighted by Gasteiger charge is -2.41. The Morgan fingerprint density at radius 1 is 1.30 bits per heavy atom. The molecule has 0 bridgehead atoms. The van der Waals surface area contributed by atoms with E-state index in [1.165, 1.54) is 6.07 Å². The molecule has 2 N–H and O–H groups in total. The van der Waals surface area contributed by atoms with Gasteiger partial charge in [0.2, 0.25) is 5.09 Å². The molecule has 20 heavy (non-hydrogen) atoms. The van der Waals surface area contributed by atoms with E-state index in [1.54, 1.807) is 6.07 Å². The maximum atomic E-state index is 12.3. The van der Waals surface area contributed by atoms with Crippen LogP contribution in [0.15, 0.2) is 21.6 Å². The molecule has 6 heteroatoms. The van der Waals surface area contributed by atoms with Crippen molar-refractivity contribution in [3.8, 4) is 0 Å². The van der Waals surface area contributed by atoms with Gasteiger partial charge in [-0.3, -0.25) is 0 Å². The molecule has 0 saturated heterocycles. The molecule has 5 nitrogen and oxygen atoms in total. The third-order valence-electron chi connectivity index (χ3n) is 3.97. The summed E-state index contributed by atoms with van der Waals surface area (Å²) < 4.78 is 32.9. The highest BCUT2D eigenvalue weighted by atomic mass is 32.2. The minimum atomic E-state index is -3.55. The van der Waals surface area contributed by atoms with Crippen molar-refractivity contribution < 1.29 is 12.8 Å². The lowest BCUT2D eigenvalue weighted by Crippen LogP contribution is -2.52. The van der Waals surface area contributed by atoms with E-state index in [9.17, 15) is 8.42 Å². The van der Waals surface area contributed by atoms with Gasteiger partial charge in [0.25, 0.3) is 10.0 Å². The van der Waals surface area contributed by atoms with Crippen molar-refractivity contribution in [2.24, 2.45) is 0 Å². The first-order valence-corrected chi connectivity index (χ1v) is 8.83. The zero-order valence-corrected chi connectivity index (χ0v) is 13.1. The molecule has 1 saturated carbocycles. The lowest BCUT2D eigenvalue weighted by atomic mass is 9.76. The second-order valence-corrected chi connectivity index (χ2v) is 7.10. The summed E-state index contributed by atoms with van der Waals surface area (Å²) in [6, 6.07) is 3.25. The molecule has 1 aliphatic rings. The maximum Gasteiger partial charge on any atom is 0.274 e. The molecule has 1 aliphatic carbocycles. The van der Waals surface area contributed by atoms with Gasteiger partial charge in [0.05, 0.1) is 6.54 Å². The van der Waals surface area contributed by atoms with Gasteiger partial charge in [-0.25, -0.2) is 13.1 Å². The predicted octanol–water partition coefficient (Wildman–Crippen LogP) is 2.39. The smallest absolute Gasteiger partial charge is 0.274 e. The van der Waals surface area contributed by atoms with E-state index in [2.05, 4.69) is 17.0 Å². The second-order valence-electron chi connectivity index (χ2n) is 5.49. The zero-order valence-electron chi connectivity index (χ0n) is 12.2. The highest BCUT2D eigenvalue weighted by Gasteiger charge is 2.39. The molecule has 1 aromatic rings. The van der Waals surface area contributed by atoms with Gasteiger partial charge in [0.15, 0.2) is 0 Å². The van der Waals surface area contributed by atoms with Gasteiger partial charge in [0.1, 0.15) is 5.76 Å². The van der Waals surface area contributed by atoms with Crippen molar-refractivity contribution in [1.82, 2.24) is 10.0 Å². The number of sulfonamides is 1. The van der Waals surface area contributed by atoms with E-state index < -0.39 is 10.0 Å². The maximum absolute atomic E-state index is 12.3. The summed E-state index contributed by atoms with van der Waals surface area (Å²) in [6.45, 7) is 5.55. The van der Waals surface area contributed by atoms with E-state index in [0.29, 0.717) is 12.3 Å². The molecular formula is C14H24N2O3S. The predicted molar refractivity (Wildman–Crippen MR) is 77.9 cm³/mol. The molecule has 0 aromatic carbocycles. The molecule has 0 aliphatic heterocycles. The van der Waals surface area contributed by atoms with Crippen LogP contribution in [-0.4, -0.2) is 20.5 Å². The fourth-order valence-electron chi connectivity index (χ4n) is 2.45. The average molecular weight is 300 g/mol. The highest BCUT2D eigenvalue weighted by molar-refractivity contribution is 7.89. The van der Waals surface area contributed by atoms with Crippen LogP contribution in [0, 0.1) is 0 Å². The monoisotopic (exact) mass is 300 g/mol. The Kier molecular flexibility index (Phi) is 4.88. The number of rotatable bonds is 8. The van der Waals surface area contributed by atoms with Gasteiger partial charge in [-0.2, -0.15) is 0 Å². The number of hydrogen-bond acceptors (Lipinski definition) is 4. The number of nitrogens with one attached hydrogen (secondary N) is 2. The Morgan fingerprint density at radius 2 is 2.05 bits per heavy atom. The van der Waals surface area contributed by atoms with Gasteiger partial charge in [0, 0.05) is 5.54 Å². The van der Waals surface area contributed by atoms with Crippen LogP contribution < -0.4 is 10.0 Å². The lowest BCUT2D eigenvalue weighted by molar-refractivity contribution is 0.212. The van der Waals surface area contributed by atoms with Crippen LogP contribution in [0.1, 0.15) is 51.7 Å². The molecule has 1 heterocycles. The highest BCUT2D eigenvalue weighted by Crippen LogP contribution is 2.36. The van der Waals surface area contributed by atoms with Crippen LogP contribution >= 0.6 is 0 Å². The molecular weight excluding hydrogens is 276 g/mol. The van der Waals surface area contributed by atoms with Crippen molar-refractivity contribution in [2.75, 3.05) is 6.54 Å². The minimum absolute atomic E-state index is 0.0190. The summed E-state index contributed by atoms with van der Waals surface area (Å²) >= 11 is 0. The van der Waals surface area contributed by atoms with Crippen molar-refractivity contribution >= 4 is 10.0 Å². The molecule has 1 fully saturated rings. The summed E-state index contributed by atoms with van der Waals surface area (Å²) in [5.74, 6) is 0.651. The van der Waals surface area contributed by atoms with E-state index in [0.717, 1.165) is 38.6 Å². The summed E-state index contributed by atoms with van der Waals surface area (Å²) in [5.41, 5.74) is -0.258. The molecule has 0 spiro atoms. The summed E-state index contributed by atoms with van der Waals surface area (Å²) in [6.07, 6.45) is 4.76. The zero-order chi connectivity index (χ0) is 14.6. The van der Waals surface area contributed by atoms with Gasteiger partial charge < -0.3 is 9.73 Å². The Hall–Kier alpha value is -0.850. The Balaban J connectivity index is 2.02. The standard InChI is InChI=1S/C14H24N2O3S/c1-3-10-15-11-12-6-7-13(19-12)20(17,18)16-14(4-2)8-5-9-14/h6-7,15-16H,3-5,8-11H2,1-2H3. The van der Waals surface area contributed by atoms with Crippen molar-refractivity contribution in [2.45, 2.75) is 63.1 Å². The van der Waals surface area contributed by atoms with E-state index in [4.69, 9.17) is 4.42 Å². The first-order valence-electron chi connectivity index (χ1n) is 7.35. The fourth-order valence-corrected chi connectivity index (χ4v) is 3.94. The van der Waals surface area contributed by atoms with Gasteiger partial charge in [-0.05, 0) is 50.8 Å². The molecule has 0 radical (unpaired) electrons. The molecule has 0 unspecified atom stereocenters. The number of furan rings is 1. The first-order chi connectivity index (χ1) is 9.51. The van der Waals surface area contributed by atoms with E-state index in [1.807, 2.05) is 6.92 Å². The third-order valence-corrected chi connectivity index (χ3v) is 5.42. The molecule has 0 atom stereocenters. The largest absolute Gasteiger partial charge is 0.447 e. The third kappa shape index (κ3) is 3.42. The molecule has 114 valence electrons. The van der Waals surface area contributed by atoms with Gasteiger partial charge in [-0.1, -0.05) is 13.8 Å². The second kappa shape index (κ2) is 6.28. The van der Waals surface area contributed by atoms with Gasteiger partial charge >= 0.3 is 0 Å². The van der Waals surface area contributed by atoms with E-state index in [-0.39, 0.29) is 10.6 Å². The molecule has 2 rings (SSSR count). The van der Waals surface area contributed by atoms with Crippen LogP contribution in [0.4, 0.5) is 0 Å². The summed E-state index contributed by atoms with van der Waals surface area (Å²) in [5, 5.41) is 3.21. The van der Waals surface area contributed by atoms with Crippen LogP contribution in [0.3, 0.4) is 0 Å². The van der Waals surface area contributed by atoms with Gasteiger partial charge in [-0.15, -0.1) is 0 Å². The normalized spacial score (nSPS) is 17.9. The van der Waals surface area contributed by atoms with Crippen LogP contribution in [0.2, 0.25) is 0 Å². The molecule has 1 aromatic heterocycles. The Bertz CT molecular complexity index is 527. The van der Waals surface area contributed by atoms with Crippen LogP contribution in [0.5, 0.6) is 0 Å². The first kappa shape index (κ1) is 15.5. The SMILES string of the molecule is CCCNCc1ccc(S(=O)(=O)NC2(CC)CCC2)o1. The van der Waals surface area contributed by atoms with E-state index >= 15 is 0 Å².